The number of nitrogens with zero attached hydrogens (tertiary/aromatic N) is 1. The first-order valence-corrected chi connectivity index (χ1v) is 6.76. The zero-order chi connectivity index (χ0) is 14.3. The van der Waals surface area contributed by atoms with E-state index in [9.17, 15) is 18.0 Å². The Morgan fingerprint density at radius 3 is 2.68 bits per heavy atom. The molecule has 0 aliphatic carbocycles. The summed E-state index contributed by atoms with van der Waals surface area (Å²) in [5.41, 5.74) is -2.66. The number of thiophene rings is 1. The molecule has 1 aromatic rings. The van der Waals surface area contributed by atoms with Crippen LogP contribution in [0.25, 0.3) is 0 Å². The summed E-state index contributed by atoms with van der Waals surface area (Å²) in [7, 11) is 0. The monoisotopic (exact) mass is 313 g/mol. The van der Waals surface area contributed by atoms with E-state index in [0.717, 1.165) is 4.88 Å². The summed E-state index contributed by atoms with van der Waals surface area (Å²) in [4.78, 5) is 13.3. The van der Waals surface area contributed by atoms with Crippen molar-refractivity contribution >= 4 is 28.9 Å². The number of carbonyl (C=O) groups is 1. The molecule has 8 heteroatoms. The number of hydrogen-bond donors (Lipinski definition) is 1. The van der Waals surface area contributed by atoms with Gasteiger partial charge in [-0.15, -0.1) is 11.3 Å². The molecule has 1 unspecified atom stereocenters. The van der Waals surface area contributed by atoms with Crippen LogP contribution in [0.15, 0.2) is 11.4 Å². The van der Waals surface area contributed by atoms with Crippen LogP contribution in [-0.2, 0) is 11.3 Å². The molecule has 1 atom stereocenters. The van der Waals surface area contributed by atoms with Crippen LogP contribution in [0, 0.1) is 5.41 Å². The molecule has 1 aliphatic heterocycles. The molecule has 2 rings (SSSR count). The van der Waals surface area contributed by atoms with Gasteiger partial charge in [0.25, 0.3) is 0 Å². The van der Waals surface area contributed by atoms with Crippen molar-refractivity contribution in [1.82, 2.24) is 4.90 Å². The van der Waals surface area contributed by atoms with E-state index < -0.39 is 30.5 Å². The first kappa shape index (κ1) is 14.6. The Morgan fingerprint density at radius 2 is 2.26 bits per heavy atom. The van der Waals surface area contributed by atoms with Gasteiger partial charge in [0.05, 0.1) is 5.02 Å². The second-order valence-electron chi connectivity index (χ2n) is 4.54. The molecule has 0 radical (unpaired) electrons. The minimum atomic E-state index is -4.74. The minimum absolute atomic E-state index is 0.0973. The number of alkyl halides is 3. The van der Waals surface area contributed by atoms with Gasteiger partial charge in [-0.2, -0.15) is 13.2 Å². The van der Waals surface area contributed by atoms with Crippen LogP contribution < -0.4 is 0 Å². The highest BCUT2D eigenvalue weighted by atomic mass is 35.5. The van der Waals surface area contributed by atoms with E-state index >= 15 is 0 Å². The third-order valence-electron chi connectivity index (χ3n) is 3.36. The fourth-order valence-electron chi connectivity index (χ4n) is 2.19. The van der Waals surface area contributed by atoms with E-state index in [1.54, 1.807) is 11.4 Å². The Balaban J connectivity index is 2.14. The Labute approximate surface area is 116 Å². The molecule has 2 heterocycles. The smallest absolute Gasteiger partial charge is 0.406 e. The summed E-state index contributed by atoms with van der Waals surface area (Å²) in [6.45, 7) is -0.179. The number of hydrogen-bond acceptors (Lipinski definition) is 3. The standard InChI is InChI=1S/C11H11ClF3NO2S/c12-7-1-4-19-8(7)5-16-3-2-10(6-16,9(17)18)11(13,14)15/h1,4H,2-3,5-6H2,(H,17,18). The van der Waals surface area contributed by atoms with Gasteiger partial charge in [-0.25, -0.2) is 0 Å². The van der Waals surface area contributed by atoms with E-state index in [-0.39, 0.29) is 13.1 Å². The van der Waals surface area contributed by atoms with Crippen LogP contribution >= 0.6 is 22.9 Å². The summed E-state index contributed by atoms with van der Waals surface area (Å²) >= 11 is 7.24. The van der Waals surface area contributed by atoms with E-state index in [1.807, 2.05) is 0 Å². The molecule has 0 saturated carbocycles. The number of aliphatic carboxylic acids is 1. The van der Waals surface area contributed by atoms with Gasteiger partial charge in [0.1, 0.15) is 0 Å². The van der Waals surface area contributed by atoms with Crippen molar-refractivity contribution in [1.29, 1.82) is 0 Å². The minimum Gasteiger partial charge on any atom is -0.481 e. The van der Waals surface area contributed by atoms with Crippen LogP contribution in [0.3, 0.4) is 0 Å². The molecule has 1 saturated heterocycles. The zero-order valence-electron chi connectivity index (χ0n) is 9.71. The second-order valence-corrected chi connectivity index (χ2v) is 5.95. The van der Waals surface area contributed by atoms with Crippen molar-refractivity contribution < 1.29 is 23.1 Å². The van der Waals surface area contributed by atoms with Gasteiger partial charge in [0, 0.05) is 24.5 Å². The molecule has 0 spiro atoms. The van der Waals surface area contributed by atoms with Crippen molar-refractivity contribution in [2.75, 3.05) is 13.1 Å². The molecule has 19 heavy (non-hydrogen) atoms. The number of carboxylic acid groups (broad SMARTS) is 1. The van der Waals surface area contributed by atoms with Crippen LogP contribution in [0.1, 0.15) is 11.3 Å². The highest BCUT2D eigenvalue weighted by molar-refractivity contribution is 7.10. The lowest BCUT2D eigenvalue weighted by molar-refractivity contribution is -0.227. The van der Waals surface area contributed by atoms with Crippen LogP contribution in [0.5, 0.6) is 0 Å². The lowest BCUT2D eigenvalue weighted by Crippen LogP contribution is -2.47. The quantitative estimate of drug-likeness (QED) is 0.931. The van der Waals surface area contributed by atoms with E-state index in [0.29, 0.717) is 5.02 Å². The lowest BCUT2D eigenvalue weighted by Gasteiger charge is -2.27. The number of rotatable bonds is 3. The summed E-state index contributed by atoms with van der Waals surface area (Å²) in [6.07, 6.45) is -5.17. The average Bonchev–Trinajstić information content (AvgIpc) is 2.87. The van der Waals surface area contributed by atoms with Crippen molar-refractivity contribution in [2.45, 2.75) is 19.1 Å². The zero-order valence-corrected chi connectivity index (χ0v) is 11.3. The number of halogens is 4. The maximum absolute atomic E-state index is 13.0. The van der Waals surface area contributed by atoms with Crippen molar-refractivity contribution in [3.63, 3.8) is 0 Å². The summed E-state index contributed by atoms with van der Waals surface area (Å²) in [5.74, 6) is -1.81. The van der Waals surface area contributed by atoms with Crippen molar-refractivity contribution in [3.8, 4) is 0 Å². The van der Waals surface area contributed by atoms with Crippen LogP contribution in [0.4, 0.5) is 13.2 Å². The molecule has 0 amide bonds. The molecular formula is C11H11ClF3NO2S. The van der Waals surface area contributed by atoms with E-state index in [2.05, 4.69) is 0 Å². The van der Waals surface area contributed by atoms with E-state index in [1.165, 1.54) is 16.2 Å². The highest BCUT2D eigenvalue weighted by Gasteiger charge is 2.63. The molecule has 0 aromatic carbocycles. The first-order valence-electron chi connectivity index (χ1n) is 5.50. The SMILES string of the molecule is O=C(O)C1(C(F)(F)F)CCN(Cc2sccc2Cl)C1. The fraction of sp³-hybridized carbons (Fsp3) is 0.545. The normalized spacial score (nSPS) is 24.8. The molecule has 1 fully saturated rings. The third-order valence-corrected chi connectivity index (χ3v) is 4.73. The van der Waals surface area contributed by atoms with Gasteiger partial charge in [-0.1, -0.05) is 11.6 Å². The molecule has 0 bridgehead atoms. The van der Waals surface area contributed by atoms with Gasteiger partial charge < -0.3 is 5.11 Å². The summed E-state index contributed by atoms with van der Waals surface area (Å²) in [5, 5.41) is 11.2. The van der Waals surface area contributed by atoms with Gasteiger partial charge in [0.15, 0.2) is 5.41 Å². The van der Waals surface area contributed by atoms with Gasteiger partial charge in [-0.3, -0.25) is 9.69 Å². The largest absolute Gasteiger partial charge is 0.481 e. The maximum atomic E-state index is 13.0. The second kappa shape index (κ2) is 4.96. The van der Waals surface area contributed by atoms with Gasteiger partial charge in [-0.05, 0) is 17.9 Å². The molecule has 1 aliphatic rings. The number of likely N-dealkylation sites (tertiary alicyclic amines) is 1. The van der Waals surface area contributed by atoms with Crippen molar-refractivity contribution in [2.24, 2.45) is 5.41 Å². The average molecular weight is 314 g/mol. The Morgan fingerprint density at radius 1 is 1.58 bits per heavy atom. The van der Waals surface area contributed by atoms with Crippen molar-refractivity contribution in [3.05, 3.63) is 21.3 Å². The predicted molar refractivity (Wildman–Crippen MR) is 65.3 cm³/mol. The topological polar surface area (TPSA) is 40.5 Å². The Hall–Kier alpha value is -0.790. The molecule has 3 nitrogen and oxygen atoms in total. The van der Waals surface area contributed by atoms with Crippen LogP contribution in [0.2, 0.25) is 5.02 Å². The van der Waals surface area contributed by atoms with E-state index in [4.69, 9.17) is 16.7 Å². The molecular weight excluding hydrogens is 303 g/mol. The van der Waals surface area contributed by atoms with Gasteiger partial charge in [0.2, 0.25) is 0 Å². The summed E-state index contributed by atoms with van der Waals surface area (Å²) < 4.78 is 38.9. The first-order chi connectivity index (χ1) is 8.76. The van der Waals surface area contributed by atoms with Crippen LogP contribution in [-0.4, -0.2) is 35.2 Å². The summed E-state index contributed by atoms with van der Waals surface area (Å²) in [6, 6.07) is 1.67. The fourth-order valence-corrected chi connectivity index (χ4v) is 3.33. The molecule has 106 valence electrons. The molecule has 1 N–H and O–H groups in total. The Bertz CT molecular complexity index is 491. The third kappa shape index (κ3) is 2.59. The maximum Gasteiger partial charge on any atom is 0.406 e. The lowest BCUT2D eigenvalue weighted by atomic mass is 9.86. The Kier molecular flexibility index (Phi) is 3.81. The highest BCUT2D eigenvalue weighted by Crippen LogP contribution is 2.46. The number of carboxylic acids is 1. The van der Waals surface area contributed by atoms with Gasteiger partial charge >= 0.3 is 12.1 Å². The predicted octanol–water partition coefficient (Wildman–Crippen LogP) is 3.24. The molecule has 1 aromatic heterocycles.